The Morgan fingerprint density at radius 3 is 2.52 bits per heavy atom. The lowest BCUT2D eigenvalue weighted by molar-refractivity contribution is -0.384. The van der Waals surface area contributed by atoms with E-state index < -0.39 is 10.8 Å². The van der Waals surface area contributed by atoms with Crippen molar-refractivity contribution in [1.82, 2.24) is 0 Å². The van der Waals surface area contributed by atoms with Crippen molar-refractivity contribution in [2.24, 2.45) is 0 Å². The summed E-state index contributed by atoms with van der Waals surface area (Å²) in [6.07, 6.45) is 0. The molecular weight excluding hydrogens is 366 g/mol. The van der Waals surface area contributed by atoms with Crippen molar-refractivity contribution in [2.45, 2.75) is 6.92 Å². The smallest absolute Gasteiger partial charge is 0.271 e. The summed E-state index contributed by atoms with van der Waals surface area (Å²) in [5.74, 6) is -0.692. The highest BCUT2D eigenvalue weighted by atomic mass is 79.9. The molecule has 0 fully saturated rings. The van der Waals surface area contributed by atoms with Gasteiger partial charge in [-0.25, -0.2) is 0 Å². The summed E-state index contributed by atoms with van der Waals surface area (Å²) in [5, 5.41) is 16.0. The van der Waals surface area contributed by atoms with Gasteiger partial charge in [0.05, 0.1) is 10.6 Å². The monoisotopic (exact) mass is 377 g/mol. The van der Waals surface area contributed by atoms with Crippen LogP contribution in [0.25, 0.3) is 0 Å². The van der Waals surface area contributed by atoms with Crippen LogP contribution in [0.5, 0.6) is 0 Å². The molecule has 0 aliphatic heterocycles. The predicted molar refractivity (Wildman–Crippen MR) is 89.5 cm³/mol. The van der Waals surface area contributed by atoms with Crippen molar-refractivity contribution in [1.29, 1.82) is 0 Å². The number of carbonyl (C=O) groups is 2. The van der Waals surface area contributed by atoms with Gasteiger partial charge in [-0.15, -0.1) is 0 Å². The molecule has 7 nitrogen and oxygen atoms in total. The van der Waals surface area contributed by atoms with Gasteiger partial charge in [-0.3, -0.25) is 19.7 Å². The SMILES string of the molecule is CC(=O)Nc1cccc(C(=O)Nc2cc([N+](=O)[O-])ccc2Br)c1. The number of nitro benzene ring substituents is 1. The first kappa shape index (κ1) is 16.6. The normalized spacial score (nSPS) is 10.0. The molecule has 0 aliphatic rings. The number of benzene rings is 2. The Bertz CT molecular complexity index is 792. The van der Waals surface area contributed by atoms with Crippen molar-refractivity contribution in [3.63, 3.8) is 0 Å². The highest BCUT2D eigenvalue weighted by Crippen LogP contribution is 2.27. The predicted octanol–water partition coefficient (Wildman–Crippen LogP) is 3.57. The lowest BCUT2D eigenvalue weighted by Gasteiger charge is -2.09. The van der Waals surface area contributed by atoms with Crippen LogP contribution in [0.3, 0.4) is 0 Å². The Morgan fingerprint density at radius 1 is 1.13 bits per heavy atom. The fourth-order valence-electron chi connectivity index (χ4n) is 1.86. The first-order valence-corrected chi connectivity index (χ1v) is 7.29. The van der Waals surface area contributed by atoms with Gasteiger partial charge < -0.3 is 10.6 Å². The second-order valence-corrected chi connectivity index (χ2v) is 5.49. The van der Waals surface area contributed by atoms with Crippen LogP contribution in [0, 0.1) is 10.1 Å². The number of anilines is 2. The molecule has 8 heteroatoms. The van der Waals surface area contributed by atoms with Crippen molar-refractivity contribution >= 4 is 44.8 Å². The molecule has 0 saturated heterocycles. The van der Waals surface area contributed by atoms with E-state index in [0.29, 0.717) is 15.7 Å². The van der Waals surface area contributed by atoms with E-state index >= 15 is 0 Å². The quantitative estimate of drug-likeness (QED) is 0.627. The fourth-order valence-corrected chi connectivity index (χ4v) is 2.20. The minimum Gasteiger partial charge on any atom is -0.326 e. The van der Waals surface area contributed by atoms with E-state index in [1.165, 1.54) is 31.2 Å². The van der Waals surface area contributed by atoms with Crippen LogP contribution in [0.15, 0.2) is 46.9 Å². The Morgan fingerprint density at radius 2 is 1.87 bits per heavy atom. The molecule has 2 aromatic carbocycles. The molecule has 0 aliphatic carbocycles. The topological polar surface area (TPSA) is 101 Å². The molecule has 0 heterocycles. The molecule has 0 spiro atoms. The minimum absolute atomic E-state index is 0.129. The number of non-ortho nitro benzene ring substituents is 1. The first-order chi connectivity index (χ1) is 10.9. The maximum absolute atomic E-state index is 12.3. The van der Waals surface area contributed by atoms with Crippen molar-refractivity contribution in [2.75, 3.05) is 10.6 Å². The Hall–Kier alpha value is -2.74. The summed E-state index contributed by atoms with van der Waals surface area (Å²) in [7, 11) is 0. The molecule has 2 aromatic rings. The van der Waals surface area contributed by atoms with Crippen LogP contribution < -0.4 is 10.6 Å². The van der Waals surface area contributed by atoms with Crippen LogP contribution in [-0.2, 0) is 4.79 Å². The van der Waals surface area contributed by atoms with Crippen molar-refractivity contribution in [3.8, 4) is 0 Å². The number of nitro groups is 1. The molecule has 23 heavy (non-hydrogen) atoms. The van der Waals surface area contributed by atoms with Crippen LogP contribution in [0.4, 0.5) is 17.1 Å². The molecule has 0 saturated carbocycles. The second-order valence-electron chi connectivity index (χ2n) is 4.64. The number of halogens is 1. The average molecular weight is 378 g/mol. The number of amides is 2. The summed E-state index contributed by atoms with van der Waals surface area (Å²) >= 11 is 3.23. The Kier molecular flexibility index (Phi) is 5.07. The van der Waals surface area contributed by atoms with Crippen LogP contribution >= 0.6 is 15.9 Å². The number of carbonyl (C=O) groups excluding carboxylic acids is 2. The summed E-state index contributed by atoms with van der Waals surface area (Å²) in [5.41, 5.74) is 0.961. The molecular formula is C15H12BrN3O4. The third kappa shape index (κ3) is 4.36. The van der Waals surface area contributed by atoms with E-state index in [4.69, 9.17) is 0 Å². The molecule has 2 rings (SSSR count). The molecule has 0 atom stereocenters. The average Bonchev–Trinajstić information content (AvgIpc) is 2.48. The van der Waals surface area contributed by atoms with Crippen LogP contribution in [0.2, 0.25) is 0 Å². The third-order valence-corrected chi connectivity index (χ3v) is 3.55. The van der Waals surface area contributed by atoms with Gasteiger partial charge in [-0.05, 0) is 40.2 Å². The molecule has 0 unspecified atom stereocenters. The van der Waals surface area contributed by atoms with Gasteiger partial charge in [0.25, 0.3) is 11.6 Å². The van der Waals surface area contributed by atoms with Gasteiger partial charge >= 0.3 is 0 Å². The standard InChI is InChI=1S/C15H12BrN3O4/c1-9(20)17-11-4-2-3-10(7-11)15(21)18-14-8-12(19(22)23)5-6-13(14)16/h2-8H,1H3,(H,17,20)(H,18,21). The second kappa shape index (κ2) is 7.01. The van der Waals surface area contributed by atoms with Crippen LogP contribution in [0.1, 0.15) is 17.3 Å². The highest BCUT2D eigenvalue weighted by molar-refractivity contribution is 9.10. The van der Waals surface area contributed by atoms with E-state index in [1.54, 1.807) is 18.2 Å². The van der Waals surface area contributed by atoms with E-state index in [0.717, 1.165) is 0 Å². The molecule has 0 aromatic heterocycles. The fraction of sp³-hybridized carbons (Fsp3) is 0.0667. The van der Waals surface area contributed by atoms with Gasteiger partial charge in [0.2, 0.25) is 5.91 Å². The summed E-state index contributed by atoms with van der Waals surface area (Å²) in [6, 6.07) is 10.5. The van der Waals surface area contributed by atoms with Gasteiger partial charge in [0.15, 0.2) is 0 Å². The molecule has 0 radical (unpaired) electrons. The molecule has 2 N–H and O–H groups in total. The number of nitrogens with zero attached hydrogens (tertiary/aromatic N) is 1. The maximum atomic E-state index is 12.3. The summed E-state index contributed by atoms with van der Waals surface area (Å²) in [4.78, 5) is 33.6. The number of rotatable bonds is 4. The lowest BCUT2D eigenvalue weighted by Crippen LogP contribution is -2.13. The van der Waals surface area contributed by atoms with Gasteiger partial charge in [-0.2, -0.15) is 0 Å². The first-order valence-electron chi connectivity index (χ1n) is 6.50. The van der Waals surface area contributed by atoms with E-state index in [9.17, 15) is 19.7 Å². The molecule has 2 amide bonds. The highest BCUT2D eigenvalue weighted by Gasteiger charge is 2.13. The zero-order valence-corrected chi connectivity index (χ0v) is 13.6. The number of nitrogens with one attached hydrogen (secondary N) is 2. The van der Waals surface area contributed by atoms with Crippen LogP contribution in [-0.4, -0.2) is 16.7 Å². The van der Waals surface area contributed by atoms with Crippen molar-refractivity contribution in [3.05, 3.63) is 62.6 Å². The van der Waals surface area contributed by atoms with E-state index in [-0.39, 0.29) is 17.3 Å². The zero-order chi connectivity index (χ0) is 17.0. The largest absolute Gasteiger partial charge is 0.326 e. The molecule has 118 valence electrons. The lowest BCUT2D eigenvalue weighted by atomic mass is 10.1. The van der Waals surface area contributed by atoms with Gasteiger partial charge in [0.1, 0.15) is 0 Å². The Labute approximate surface area is 140 Å². The van der Waals surface area contributed by atoms with Gasteiger partial charge in [-0.1, -0.05) is 6.07 Å². The number of hydrogen-bond donors (Lipinski definition) is 2. The minimum atomic E-state index is -0.542. The third-order valence-electron chi connectivity index (χ3n) is 2.85. The maximum Gasteiger partial charge on any atom is 0.271 e. The van der Waals surface area contributed by atoms with Crippen molar-refractivity contribution < 1.29 is 14.5 Å². The van der Waals surface area contributed by atoms with E-state index in [1.807, 2.05) is 0 Å². The number of hydrogen-bond acceptors (Lipinski definition) is 4. The molecule has 0 bridgehead atoms. The summed E-state index contributed by atoms with van der Waals surface area (Å²) in [6.45, 7) is 1.37. The van der Waals surface area contributed by atoms with E-state index in [2.05, 4.69) is 26.6 Å². The summed E-state index contributed by atoms with van der Waals surface area (Å²) < 4.78 is 0.523. The Balaban J connectivity index is 2.24. The van der Waals surface area contributed by atoms with Gasteiger partial charge in [0, 0.05) is 34.8 Å². The zero-order valence-electron chi connectivity index (χ0n) is 12.0.